The highest BCUT2D eigenvalue weighted by atomic mass is 32.2. The van der Waals surface area contributed by atoms with Crippen LogP contribution in [0.3, 0.4) is 0 Å². The zero-order chi connectivity index (χ0) is 21.1. The van der Waals surface area contributed by atoms with Crippen LogP contribution in [0.2, 0.25) is 0 Å². The first-order chi connectivity index (χ1) is 14.5. The van der Waals surface area contributed by atoms with Gasteiger partial charge in [-0.05, 0) is 36.8 Å². The zero-order valence-corrected chi connectivity index (χ0v) is 17.4. The van der Waals surface area contributed by atoms with Gasteiger partial charge < -0.3 is 10.1 Å². The summed E-state index contributed by atoms with van der Waals surface area (Å²) >= 11 is 0. The Bertz CT molecular complexity index is 1170. The monoisotopic (exact) mass is 422 g/mol. The Morgan fingerprint density at radius 3 is 2.33 bits per heavy atom. The molecule has 1 aliphatic heterocycles. The minimum Gasteiger partial charge on any atom is -0.494 e. The van der Waals surface area contributed by atoms with Crippen molar-refractivity contribution in [2.24, 2.45) is 0 Å². The van der Waals surface area contributed by atoms with E-state index in [0.717, 1.165) is 16.9 Å². The molecule has 0 saturated heterocycles. The zero-order valence-electron chi connectivity index (χ0n) is 16.5. The Hall–Kier alpha value is -3.32. The molecule has 4 rings (SSSR count). The Kier molecular flexibility index (Phi) is 5.46. The van der Waals surface area contributed by atoms with Crippen LogP contribution in [0.4, 0.5) is 5.69 Å². The number of nitrogens with zero attached hydrogens (tertiary/aromatic N) is 1. The molecule has 30 heavy (non-hydrogen) atoms. The number of para-hydroxylation sites is 1. The van der Waals surface area contributed by atoms with E-state index in [1.165, 1.54) is 4.31 Å². The summed E-state index contributed by atoms with van der Waals surface area (Å²) in [6, 6.07) is 21.5. The number of nitrogens with one attached hydrogen (secondary N) is 1. The van der Waals surface area contributed by atoms with E-state index in [2.05, 4.69) is 5.32 Å². The van der Waals surface area contributed by atoms with Crippen LogP contribution < -0.4 is 14.4 Å². The molecule has 1 heterocycles. The molecule has 1 amide bonds. The first kappa shape index (κ1) is 20.0. The second-order valence-corrected chi connectivity index (χ2v) is 8.71. The Morgan fingerprint density at radius 2 is 1.60 bits per heavy atom. The maximum absolute atomic E-state index is 13.2. The second kappa shape index (κ2) is 8.20. The third-order valence-electron chi connectivity index (χ3n) is 4.93. The lowest BCUT2D eigenvalue weighted by molar-refractivity contribution is -0.119. The van der Waals surface area contributed by atoms with Gasteiger partial charge in [-0.25, -0.2) is 8.42 Å². The van der Waals surface area contributed by atoms with Crippen LogP contribution in [-0.2, 0) is 21.4 Å². The highest BCUT2D eigenvalue weighted by Gasteiger charge is 2.35. The van der Waals surface area contributed by atoms with Crippen LogP contribution in [0.1, 0.15) is 12.5 Å². The first-order valence-corrected chi connectivity index (χ1v) is 11.1. The average Bonchev–Trinajstić information content (AvgIpc) is 2.76. The van der Waals surface area contributed by atoms with E-state index < -0.39 is 10.0 Å². The third kappa shape index (κ3) is 3.76. The second-order valence-electron chi connectivity index (χ2n) is 6.88. The number of amides is 1. The SMILES string of the molecule is CCOc1ccc(CNC(=O)CN2c3ccccc3-c3ccccc3S2(=O)=O)cc1. The number of anilines is 1. The lowest BCUT2D eigenvalue weighted by Gasteiger charge is -2.31. The van der Waals surface area contributed by atoms with Crippen LogP contribution in [0, 0.1) is 0 Å². The Morgan fingerprint density at radius 1 is 0.933 bits per heavy atom. The van der Waals surface area contributed by atoms with Crippen molar-refractivity contribution in [2.45, 2.75) is 18.4 Å². The van der Waals surface area contributed by atoms with E-state index in [0.29, 0.717) is 24.4 Å². The van der Waals surface area contributed by atoms with Gasteiger partial charge in [-0.1, -0.05) is 48.5 Å². The van der Waals surface area contributed by atoms with Crippen molar-refractivity contribution in [2.75, 3.05) is 17.5 Å². The fourth-order valence-electron chi connectivity index (χ4n) is 3.51. The smallest absolute Gasteiger partial charge is 0.265 e. The molecule has 1 aliphatic rings. The van der Waals surface area contributed by atoms with Crippen molar-refractivity contribution in [3.8, 4) is 16.9 Å². The summed E-state index contributed by atoms with van der Waals surface area (Å²) in [5, 5.41) is 2.80. The summed E-state index contributed by atoms with van der Waals surface area (Å²) in [6.07, 6.45) is 0. The van der Waals surface area contributed by atoms with Crippen molar-refractivity contribution in [3.05, 3.63) is 78.4 Å². The quantitative estimate of drug-likeness (QED) is 0.659. The standard InChI is InChI=1S/C23H22N2O4S/c1-2-29-18-13-11-17(12-14-18)15-24-23(26)16-25-21-9-5-3-7-19(21)20-8-4-6-10-22(20)30(25,27)28/h3-14H,2,15-16H2,1H3,(H,24,26). The summed E-state index contributed by atoms with van der Waals surface area (Å²) in [5.41, 5.74) is 2.85. The number of fused-ring (bicyclic) bond motifs is 3. The molecule has 0 aliphatic carbocycles. The summed E-state index contributed by atoms with van der Waals surface area (Å²) in [7, 11) is -3.83. The van der Waals surface area contributed by atoms with Crippen LogP contribution in [0.25, 0.3) is 11.1 Å². The predicted molar refractivity (Wildman–Crippen MR) is 116 cm³/mol. The summed E-state index contributed by atoms with van der Waals surface area (Å²) in [5.74, 6) is 0.393. The molecule has 0 saturated carbocycles. The molecular weight excluding hydrogens is 400 g/mol. The maximum Gasteiger partial charge on any atom is 0.265 e. The van der Waals surface area contributed by atoms with E-state index >= 15 is 0 Å². The molecule has 0 fully saturated rings. The van der Waals surface area contributed by atoms with E-state index in [1.807, 2.05) is 49.4 Å². The molecule has 6 nitrogen and oxygen atoms in total. The molecule has 0 bridgehead atoms. The number of rotatable bonds is 6. The van der Waals surface area contributed by atoms with Crippen molar-refractivity contribution >= 4 is 21.6 Å². The number of benzene rings is 3. The number of carbonyl (C=O) groups excluding carboxylic acids is 1. The van der Waals surface area contributed by atoms with Crippen molar-refractivity contribution in [1.29, 1.82) is 0 Å². The van der Waals surface area contributed by atoms with E-state index in [1.54, 1.807) is 30.3 Å². The molecule has 7 heteroatoms. The summed E-state index contributed by atoms with van der Waals surface area (Å²) < 4.78 is 33.0. The summed E-state index contributed by atoms with van der Waals surface area (Å²) in [4.78, 5) is 12.8. The van der Waals surface area contributed by atoms with E-state index in [-0.39, 0.29) is 17.3 Å². The minimum absolute atomic E-state index is 0.211. The van der Waals surface area contributed by atoms with Crippen molar-refractivity contribution in [3.63, 3.8) is 0 Å². The topological polar surface area (TPSA) is 75.7 Å². The Labute approximate surface area is 176 Å². The number of carbonyl (C=O) groups is 1. The molecule has 0 unspecified atom stereocenters. The highest BCUT2D eigenvalue weighted by molar-refractivity contribution is 7.93. The first-order valence-electron chi connectivity index (χ1n) is 9.70. The molecule has 0 spiro atoms. The predicted octanol–water partition coefficient (Wildman–Crippen LogP) is 3.58. The molecule has 3 aromatic rings. The molecule has 154 valence electrons. The van der Waals surface area contributed by atoms with Gasteiger partial charge in [-0.3, -0.25) is 9.10 Å². The largest absolute Gasteiger partial charge is 0.494 e. The van der Waals surface area contributed by atoms with Gasteiger partial charge in [0.25, 0.3) is 10.0 Å². The molecule has 3 aromatic carbocycles. The number of sulfonamides is 1. The molecule has 0 aromatic heterocycles. The fourth-order valence-corrected chi connectivity index (χ4v) is 5.16. The highest BCUT2D eigenvalue weighted by Crippen LogP contribution is 2.42. The average molecular weight is 423 g/mol. The fraction of sp³-hybridized carbons (Fsp3) is 0.174. The lowest BCUT2D eigenvalue weighted by atomic mass is 10.0. The van der Waals surface area contributed by atoms with Gasteiger partial charge in [0.15, 0.2) is 0 Å². The van der Waals surface area contributed by atoms with Crippen LogP contribution in [0.15, 0.2) is 77.7 Å². The van der Waals surface area contributed by atoms with Gasteiger partial charge in [0.2, 0.25) is 5.91 Å². The summed E-state index contributed by atoms with van der Waals surface area (Å²) in [6.45, 7) is 2.52. The lowest BCUT2D eigenvalue weighted by Crippen LogP contribution is -2.42. The number of hydrogen-bond acceptors (Lipinski definition) is 4. The number of ether oxygens (including phenoxy) is 1. The van der Waals surface area contributed by atoms with Crippen LogP contribution in [-0.4, -0.2) is 27.5 Å². The van der Waals surface area contributed by atoms with Gasteiger partial charge in [-0.2, -0.15) is 0 Å². The molecular formula is C23H22N2O4S. The van der Waals surface area contributed by atoms with Gasteiger partial charge >= 0.3 is 0 Å². The third-order valence-corrected chi connectivity index (χ3v) is 6.75. The van der Waals surface area contributed by atoms with Crippen molar-refractivity contribution < 1.29 is 17.9 Å². The normalized spacial score (nSPS) is 13.8. The molecule has 0 atom stereocenters. The molecule has 0 radical (unpaired) electrons. The minimum atomic E-state index is -3.83. The Balaban J connectivity index is 1.53. The van der Waals surface area contributed by atoms with Gasteiger partial charge in [0.05, 0.1) is 17.2 Å². The number of hydrogen-bond donors (Lipinski definition) is 1. The van der Waals surface area contributed by atoms with E-state index in [4.69, 9.17) is 4.74 Å². The van der Waals surface area contributed by atoms with Crippen molar-refractivity contribution in [1.82, 2.24) is 5.32 Å². The van der Waals surface area contributed by atoms with Gasteiger partial charge in [0.1, 0.15) is 12.3 Å². The van der Waals surface area contributed by atoms with Crippen LogP contribution in [0.5, 0.6) is 5.75 Å². The maximum atomic E-state index is 13.2. The van der Waals surface area contributed by atoms with E-state index in [9.17, 15) is 13.2 Å². The molecule has 1 N–H and O–H groups in total. The van der Waals surface area contributed by atoms with Gasteiger partial charge in [-0.15, -0.1) is 0 Å². The van der Waals surface area contributed by atoms with Crippen LogP contribution >= 0.6 is 0 Å². The van der Waals surface area contributed by atoms with Gasteiger partial charge in [0, 0.05) is 17.7 Å².